The second-order valence-electron chi connectivity index (χ2n) is 5.86. The van der Waals surface area contributed by atoms with E-state index in [4.69, 9.17) is 0 Å². The van der Waals surface area contributed by atoms with Crippen LogP contribution in [0.4, 0.5) is 0 Å². The Morgan fingerprint density at radius 3 is 2.39 bits per heavy atom. The maximum absolute atomic E-state index is 11.8. The van der Waals surface area contributed by atoms with Gasteiger partial charge in [0.2, 0.25) is 5.91 Å². The van der Waals surface area contributed by atoms with Gasteiger partial charge >= 0.3 is 0 Å². The van der Waals surface area contributed by atoms with E-state index >= 15 is 0 Å². The van der Waals surface area contributed by atoms with Crippen molar-refractivity contribution in [1.29, 1.82) is 0 Å². The minimum Gasteiger partial charge on any atom is -0.355 e. The molecule has 3 nitrogen and oxygen atoms in total. The third kappa shape index (κ3) is 5.70. The van der Waals surface area contributed by atoms with Gasteiger partial charge in [0, 0.05) is 13.1 Å². The van der Waals surface area contributed by atoms with Crippen LogP contribution in [0.3, 0.4) is 0 Å². The summed E-state index contributed by atoms with van der Waals surface area (Å²) in [5.41, 5.74) is 0. The zero-order chi connectivity index (χ0) is 13.5. The molecule has 0 radical (unpaired) electrons. The molecule has 1 aliphatic heterocycles. The van der Waals surface area contributed by atoms with Gasteiger partial charge in [0.05, 0.1) is 4.83 Å². The third-order valence-electron chi connectivity index (χ3n) is 3.48. The molecule has 0 saturated carbocycles. The summed E-state index contributed by atoms with van der Waals surface area (Å²) in [6.07, 6.45) is 4.03. The van der Waals surface area contributed by atoms with E-state index in [0.29, 0.717) is 11.8 Å². The monoisotopic (exact) mass is 318 g/mol. The summed E-state index contributed by atoms with van der Waals surface area (Å²) in [4.78, 5) is 14.3. The molecule has 18 heavy (non-hydrogen) atoms. The molecule has 1 saturated heterocycles. The first-order valence-electron chi connectivity index (χ1n) is 7.15. The first kappa shape index (κ1) is 16.0. The molecule has 0 aromatic heterocycles. The van der Waals surface area contributed by atoms with Gasteiger partial charge in [-0.05, 0) is 37.8 Å². The van der Waals surface area contributed by atoms with Crippen LogP contribution in [0.25, 0.3) is 0 Å². The Morgan fingerprint density at radius 2 is 1.83 bits per heavy atom. The van der Waals surface area contributed by atoms with E-state index in [0.717, 1.165) is 13.1 Å². The summed E-state index contributed by atoms with van der Waals surface area (Å²) in [6, 6.07) is 0. The number of hydrogen-bond donors (Lipinski definition) is 1. The van der Waals surface area contributed by atoms with Crippen LogP contribution in [0.1, 0.15) is 40.0 Å². The highest BCUT2D eigenvalue weighted by atomic mass is 79.9. The van der Waals surface area contributed by atoms with Gasteiger partial charge in [0.1, 0.15) is 0 Å². The van der Waals surface area contributed by atoms with Crippen molar-refractivity contribution in [3.8, 4) is 0 Å². The Hall–Kier alpha value is -0.0900. The SMILES string of the molecule is CC(CNC(=O)C(Br)C(C)C)CN1CCCCC1. The van der Waals surface area contributed by atoms with Crippen molar-refractivity contribution in [3.05, 3.63) is 0 Å². The number of hydrogen-bond acceptors (Lipinski definition) is 2. The lowest BCUT2D eigenvalue weighted by Gasteiger charge is -2.29. The lowest BCUT2D eigenvalue weighted by atomic mass is 10.1. The van der Waals surface area contributed by atoms with Gasteiger partial charge in [-0.1, -0.05) is 43.1 Å². The fourth-order valence-electron chi connectivity index (χ4n) is 2.32. The molecule has 0 aromatic rings. The van der Waals surface area contributed by atoms with E-state index in [9.17, 15) is 4.79 Å². The van der Waals surface area contributed by atoms with Crippen LogP contribution < -0.4 is 5.32 Å². The highest BCUT2D eigenvalue weighted by Gasteiger charge is 2.19. The van der Waals surface area contributed by atoms with Crippen molar-refractivity contribution >= 4 is 21.8 Å². The van der Waals surface area contributed by atoms with E-state index in [1.165, 1.54) is 32.4 Å². The van der Waals surface area contributed by atoms with Gasteiger partial charge in [-0.25, -0.2) is 0 Å². The van der Waals surface area contributed by atoms with Gasteiger partial charge in [-0.2, -0.15) is 0 Å². The maximum atomic E-state index is 11.8. The van der Waals surface area contributed by atoms with Crippen LogP contribution in [0.2, 0.25) is 0 Å². The summed E-state index contributed by atoms with van der Waals surface area (Å²) in [5.74, 6) is 0.983. The van der Waals surface area contributed by atoms with E-state index < -0.39 is 0 Å². The number of halogens is 1. The predicted octanol–water partition coefficient (Wildman–Crippen LogP) is 2.64. The van der Waals surface area contributed by atoms with Crippen molar-refractivity contribution in [1.82, 2.24) is 10.2 Å². The van der Waals surface area contributed by atoms with Crippen LogP contribution in [0.15, 0.2) is 0 Å². The zero-order valence-electron chi connectivity index (χ0n) is 11.9. The lowest BCUT2D eigenvalue weighted by Crippen LogP contribution is -2.40. The van der Waals surface area contributed by atoms with Crippen molar-refractivity contribution in [3.63, 3.8) is 0 Å². The topological polar surface area (TPSA) is 32.3 Å². The second kappa shape index (κ2) is 8.16. The summed E-state index contributed by atoms with van der Waals surface area (Å²) in [5, 5.41) is 3.04. The smallest absolute Gasteiger partial charge is 0.234 e. The molecule has 1 amide bonds. The Labute approximate surface area is 120 Å². The molecule has 2 unspecified atom stereocenters. The summed E-state index contributed by atoms with van der Waals surface area (Å²) in [7, 11) is 0. The van der Waals surface area contributed by atoms with Gasteiger partial charge in [-0.3, -0.25) is 4.79 Å². The molecule has 1 heterocycles. The van der Waals surface area contributed by atoms with Crippen molar-refractivity contribution in [2.24, 2.45) is 11.8 Å². The number of nitrogens with one attached hydrogen (secondary N) is 1. The third-order valence-corrected chi connectivity index (χ3v) is 4.95. The minimum absolute atomic E-state index is 0.0697. The van der Waals surface area contributed by atoms with Gasteiger partial charge in [-0.15, -0.1) is 0 Å². The van der Waals surface area contributed by atoms with Crippen LogP contribution in [-0.4, -0.2) is 41.8 Å². The fraction of sp³-hybridized carbons (Fsp3) is 0.929. The molecule has 0 bridgehead atoms. The lowest BCUT2D eigenvalue weighted by molar-refractivity contribution is -0.121. The largest absolute Gasteiger partial charge is 0.355 e. The second-order valence-corrected chi connectivity index (χ2v) is 6.84. The zero-order valence-corrected chi connectivity index (χ0v) is 13.5. The number of piperidine rings is 1. The molecule has 1 rings (SSSR count). The number of carbonyl (C=O) groups excluding carboxylic acids is 1. The van der Waals surface area contributed by atoms with Gasteiger partial charge in [0.25, 0.3) is 0 Å². The standard InChI is InChI=1S/C14H27BrN2O/c1-11(2)13(15)14(18)16-9-12(3)10-17-7-5-4-6-8-17/h11-13H,4-10H2,1-3H3,(H,16,18). The average Bonchev–Trinajstić information content (AvgIpc) is 2.36. The molecule has 1 aliphatic rings. The van der Waals surface area contributed by atoms with E-state index in [1.54, 1.807) is 0 Å². The van der Waals surface area contributed by atoms with Crippen molar-refractivity contribution in [2.75, 3.05) is 26.2 Å². The normalized spacial score (nSPS) is 20.7. The summed E-state index contributed by atoms with van der Waals surface area (Å²) in [6.45, 7) is 10.7. The van der Waals surface area contributed by atoms with Gasteiger partial charge in [0.15, 0.2) is 0 Å². The van der Waals surface area contributed by atoms with Gasteiger partial charge < -0.3 is 10.2 Å². The number of amides is 1. The number of nitrogens with zero attached hydrogens (tertiary/aromatic N) is 1. The van der Waals surface area contributed by atoms with Crippen LogP contribution in [0, 0.1) is 11.8 Å². The number of likely N-dealkylation sites (tertiary alicyclic amines) is 1. The first-order chi connectivity index (χ1) is 8.50. The number of rotatable bonds is 6. The van der Waals surface area contributed by atoms with Crippen LogP contribution in [-0.2, 0) is 4.79 Å². The average molecular weight is 319 g/mol. The number of carbonyl (C=O) groups is 1. The molecule has 1 N–H and O–H groups in total. The first-order valence-corrected chi connectivity index (χ1v) is 8.06. The Balaban J connectivity index is 2.19. The summed E-state index contributed by atoms with van der Waals surface area (Å²) >= 11 is 3.43. The van der Waals surface area contributed by atoms with Crippen LogP contribution >= 0.6 is 15.9 Å². The minimum atomic E-state index is -0.0697. The molecular formula is C14H27BrN2O. The molecule has 4 heteroatoms. The van der Waals surface area contributed by atoms with E-state index in [1.807, 2.05) is 0 Å². The fourth-order valence-corrected chi connectivity index (χ4v) is 2.48. The predicted molar refractivity (Wildman–Crippen MR) is 80.0 cm³/mol. The molecule has 2 atom stereocenters. The highest BCUT2D eigenvalue weighted by Crippen LogP contribution is 2.13. The molecule has 0 spiro atoms. The molecule has 1 fully saturated rings. The Morgan fingerprint density at radius 1 is 1.22 bits per heavy atom. The van der Waals surface area contributed by atoms with Crippen molar-refractivity contribution < 1.29 is 4.79 Å². The molecule has 106 valence electrons. The number of alkyl halides is 1. The van der Waals surface area contributed by atoms with Crippen LogP contribution in [0.5, 0.6) is 0 Å². The quantitative estimate of drug-likeness (QED) is 0.764. The highest BCUT2D eigenvalue weighted by molar-refractivity contribution is 9.10. The van der Waals surface area contributed by atoms with Crippen molar-refractivity contribution in [2.45, 2.75) is 44.9 Å². The maximum Gasteiger partial charge on any atom is 0.234 e. The van der Waals surface area contributed by atoms with E-state index in [-0.39, 0.29) is 10.7 Å². The molecular weight excluding hydrogens is 292 g/mol. The molecule has 0 aromatic carbocycles. The summed E-state index contributed by atoms with van der Waals surface area (Å²) < 4.78 is 0. The Kier molecular flexibility index (Phi) is 7.23. The molecule has 0 aliphatic carbocycles. The Bertz CT molecular complexity index is 252. The van der Waals surface area contributed by atoms with E-state index in [2.05, 4.69) is 46.9 Å².